The van der Waals surface area contributed by atoms with Crippen molar-refractivity contribution in [2.24, 2.45) is 10.4 Å². The van der Waals surface area contributed by atoms with Gasteiger partial charge in [-0.25, -0.2) is 4.39 Å². The Hall–Kier alpha value is -1.42. The molecule has 6 nitrogen and oxygen atoms in total. The fourth-order valence-corrected chi connectivity index (χ4v) is 4.10. The summed E-state index contributed by atoms with van der Waals surface area (Å²) in [5.74, 6) is 0.871. The van der Waals surface area contributed by atoms with Crippen LogP contribution < -0.4 is 10.6 Å². The number of likely N-dealkylation sites (tertiary alicyclic amines) is 1. The highest BCUT2D eigenvalue weighted by molar-refractivity contribution is 14.0. The summed E-state index contributed by atoms with van der Waals surface area (Å²) >= 11 is 0. The van der Waals surface area contributed by atoms with Gasteiger partial charge in [0.1, 0.15) is 5.82 Å². The van der Waals surface area contributed by atoms with Gasteiger partial charge in [-0.3, -0.25) is 9.79 Å². The summed E-state index contributed by atoms with van der Waals surface area (Å²) in [6.45, 7) is 5.04. The van der Waals surface area contributed by atoms with Crippen molar-refractivity contribution < 1.29 is 9.18 Å². The van der Waals surface area contributed by atoms with Crippen LogP contribution in [0.3, 0.4) is 0 Å². The maximum atomic E-state index is 13.0. The van der Waals surface area contributed by atoms with Gasteiger partial charge in [0.2, 0.25) is 5.91 Å². The molecular weight excluding hydrogens is 472 g/mol. The fraction of sp³-hybridized carbons (Fsp3) is 0.600. The number of amides is 1. The number of hydrogen-bond acceptors (Lipinski definition) is 3. The lowest BCUT2D eigenvalue weighted by atomic mass is 9.79. The van der Waals surface area contributed by atoms with Gasteiger partial charge < -0.3 is 20.4 Å². The standard InChI is InChI=1S/C20H30FN5O.HI/c1-22-19(26-10-3-8-20(15-26)12-18(27)24-14-20)23-9-11-25(2)13-16-4-6-17(21)7-5-16;/h4-7H,3,8-15H2,1-2H3,(H,22,23)(H,24,27);1H. The summed E-state index contributed by atoms with van der Waals surface area (Å²) in [6.07, 6.45) is 2.81. The maximum absolute atomic E-state index is 13.0. The van der Waals surface area contributed by atoms with Crippen LogP contribution in [0.25, 0.3) is 0 Å². The molecule has 2 heterocycles. The minimum atomic E-state index is -0.203. The number of rotatable bonds is 5. The van der Waals surface area contributed by atoms with Gasteiger partial charge in [0, 0.05) is 58.2 Å². The molecule has 2 aliphatic heterocycles. The molecule has 0 aromatic heterocycles. The van der Waals surface area contributed by atoms with E-state index in [4.69, 9.17) is 0 Å². The van der Waals surface area contributed by atoms with Crippen LogP contribution in [0.1, 0.15) is 24.8 Å². The predicted octanol–water partition coefficient (Wildman–Crippen LogP) is 2.05. The average Bonchev–Trinajstić information content (AvgIpc) is 3.00. The van der Waals surface area contributed by atoms with Crippen LogP contribution in [0, 0.1) is 11.2 Å². The van der Waals surface area contributed by atoms with Gasteiger partial charge in [-0.2, -0.15) is 0 Å². The quantitative estimate of drug-likeness (QED) is 0.367. The lowest BCUT2D eigenvalue weighted by Crippen LogP contribution is -2.52. The van der Waals surface area contributed by atoms with Crippen molar-refractivity contribution in [2.45, 2.75) is 25.8 Å². The summed E-state index contributed by atoms with van der Waals surface area (Å²) in [4.78, 5) is 20.6. The summed E-state index contributed by atoms with van der Waals surface area (Å²) in [5.41, 5.74) is 1.16. The Morgan fingerprint density at radius 3 is 2.79 bits per heavy atom. The molecular formula is C20H31FIN5O. The van der Waals surface area contributed by atoms with E-state index in [0.717, 1.165) is 63.6 Å². The molecule has 2 saturated heterocycles. The number of hydrogen-bond donors (Lipinski definition) is 2. The smallest absolute Gasteiger partial charge is 0.220 e. The van der Waals surface area contributed by atoms with E-state index in [0.29, 0.717) is 6.42 Å². The molecule has 1 aromatic rings. The molecule has 0 bridgehead atoms. The first kappa shape index (κ1) is 22.9. The summed E-state index contributed by atoms with van der Waals surface area (Å²) in [6, 6.07) is 6.64. The van der Waals surface area contributed by atoms with Crippen LogP contribution in [-0.4, -0.2) is 68.5 Å². The van der Waals surface area contributed by atoms with E-state index in [-0.39, 0.29) is 41.1 Å². The highest BCUT2D eigenvalue weighted by Crippen LogP contribution is 2.35. The van der Waals surface area contributed by atoms with Crippen LogP contribution in [0.5, 0.6) is 0 Å². The molecule has 1 aromatic carbocycles. The Balaban J connectivity index is 0.00000280. The monoisotopic (exact) mass is 503 g/mol. The molecule has 0 aliphatic carbocycles. The largest absolute Gasteiger partial charge is 0.355 e. The summed E-state index contributed by atoms with van der Waals surface area (Å²) in [5, 5.41) is 6.44. The number of nitrogens with zero attached hydrogens (tertiary/aromatic N) is 3. The molecule has 0 radical (unpaired) electrons. The molecule has 1 atom stereocenters. The molecule has 2 N–H and O–H groups in total. The Kier molecular flexibility index (Phi) is 8.48. The molecule has 8 heteroatoms. The third kappa shape index (κ3) is 6.04. The zero-order chi connectivity index (χ0) is 19.3. The summed E-state index contributed by atoms with van der Waals surface area (Å²) < 4.78 is 13.0. The first-order valence-electron chi connectivity index (χ1n) is 9.65. The number of guanidine groups is 1. The van der Waals surface area contributed by atoms with Gasteiger partial charge in [0.25, 0.3) is 0 Å². The minimum Gasteiger partial charge on any atom is -0.355 e. The molecule has 0 saturated carbocycles. The minimum absolute atomic E-state index is 0. The Morgan fingerprint density at radius 2 is 2.14 bits per heavy atom. The molecule has 1 spiro atoms. The van der Waals surface area contributed by atoms with Gasteiger partial charge in [0.15, 0.2) is 5.96 Å². The van der Waals surface area contributed by atoms with Crippen LogP contribution in [0.2, 0.25) is 0 Å². The van der Waals surface area contributed by atoms with Crippen molar-refractivity contribution in [1.82, 2.24) is 20.4 Å². The SMILES string of the molecule is CN=C(NCCN(C)Cc1ccc(F)cc1)N1CCCC2(CNC(=O)C2)C1.I. The first-order valence-corrected chi connectivity index (χ1v) is 9.65. The van der Waals surface area contributed by atoms with Crippen molar-refractivity contribution in [3.63, 3.8) is 0 Å². The number of benzene rings is 1. The highest BCUT2D eigenvalue weighted by Gasteiger charge is 2.42. The van der Waals surface area contributed by atoms with E-state index < -0.39 is 0 Å². The van der Waals surface area contributed by atoms with Gasteiger partial charge in [-0.1, -0.05) is 12.1 Å². The van der Waals surface area contributed by atoms with E-state index in [1.165, 1.54) is 12.1 Å². The zero-order valence-electron chi connectivity index (χ0n) is 16.7. The molecule has 2 aliphatic rings. The number of likely N-dealkylation sites (N-methyl/N-ethyl adjacent to an activating group) is 1. The van der Waals surface area contributed by atoms with Gasteiger partial charge in [-0.15, -0.1) is 24.0 Å². The first-order chi connectivity index (χ1) is 13.0. The molecule has 2 fully saturated rings. The number of halogens is 2. The second-order valence-electron chi connectivity index (χ2n) is 7.82. The van der Waals surface area contributed by atoms with Crippen LogP contribution >= 0.6 is 24.0 Å². The molecule has 28 heavy (non-hydrogen) atoms. The number of nitrogens with one attached hydrogen (secondary N) is 2. The lowest BCUT2D eigenvalue weighted by molar-refractivity contribution is -0.119. The van der Waals surface area contributed by atoms with E-state index in [2.05, 4.69) is 32.5 Å². The second-order valence-corrected chi connectivity index (χ2v) is 7.82. The highest BCUT2D eigenvalue weighted by atomic mass is 127. The fourth-order valence-electron chi connectivity index (χ4n) is 4.10. The van der Waals surface area contributed by atoms with E-state index in [1.807, 2.05) is 19.2 Å². The number of aliphatic imine (C=N–C) groups is 1. The number of carbonyl (C=O) groups is 1. The maximum Gasteiger partial charge on any atom is 0.220 e. The molecule has 3 rings (SSSR count). The molecule has 156 valence electrons. The van der Waals surface area contributed by atoms with Crippen LogP contribution in [0.4, 0.5) is 4.39 Å². The van der Waals surface area contributed by atoms with Gasteiger partial charge in [0.05, 0.1) is 0 Å². The van der Waals surface area contributed by atoms with Crippen molar-refractivity contribution in [1.29, 1.82) is 0 Å². The second kappa shape index (κ2) is 10.4. The van der Waals surface area contributed by atoms with E-state index in [1.54, 1.807) is 0 Å². The Morgan fingerprint density at radius 1 is 1.39 bits per heavy atom. The van der Waals surface area contributed by atoms with Crippen molar-refractivity contribution in [3.05, 3.63) is 35.6 Å². The van der Waals surface area contributed by atoms with Crippen molar-refractivity contribution in [2.75, 3.05) is 46.8 Å². The van der Waals surface area contributed by atoms with E-state index >= 15 is 0 Å². The predicted molar refractivity (Wildman–Crippen MR) is 120 cm³/mol. The lowest BCUT2D eigenvalue weighted by Gasteiger charge is -2.40. The van der Waals surface area contributed by atoms with E-state index in [9.17, 15) is 9.18 Å². The number of piperidine rings is 1. The van der Waals surface area contributed by atoms with Gasteiger partial charge in [-0.05, 0) is 37.6 Å². The average molecular weight is 503 g/mol. The van der Waals surface area contributed by atoms with Crippen LogP contribution in [-0.2, 0) is 11.3 Å². The van der Waals surface area contributed by atoms with Gasteiger partial charge >= 0.3 is 0 Å². The Labute approximate surface area is 184 Å². The number of carbonyl (C=O) groups excluding carboxylic acids is 1. The normalized spacial score (nSPS) is 22.4. The summed E-state index contributed by atoms with van der Waals surface area (Å²) in [7, 11) is 3.86. The van der Waals surface area contributed by atoms with Crippen LogP contribution in [0.15, 0.2) is 29.3 Å². The van der Waals surface area contributed by atoms with Crippen molar-refractivity contribution >= 4 is 35.8 Å². The third-order valence-electron chi connectivity index (χ3n) is 5.51. The Bertz CT molecular complexity index is 684. The molecule has 1 unspecified atom stereocenters. The van der Waals surface area contributed by atoms with Crippen molar-refractivity contribution in [3.8, 4) is 0 Å². The third-order valence-corrected chi connectivity index (χ3v) is 5.51. The molecule has 1 amide bonds. The topological polar surface area (TPSA) is 60.0 Å². The zero-order valence-corrected chi connectivity index (χ0v) is 19.0.